The lowest BCUT2D eigenvalue weighted by Crippen LogP contribution is -2.62. The summed E-state index contributed by atoms with van der Waals surface area (Å²) in [5, 5.41) is 30.7. The number of ether oxygens (including phenoxy) is 2. The second-order valence-corrected chi connectivity index (χ2v) is 8.12. The molecule has 3 N–H and O–H groups in total. The molecule has 0 saturated carbocycles. The van der Waals surface area contributed by atoms with Crippen LogP contribution in [0.3, 0.4) is 0 Å². The Morgan fingerprint density at radius 1 is 1.16 bits per heavy atom. The Balaban J connectivity index is 1.77. The van der Waals surface area contributed by atoms with Crippen molar-refractivity contribution in [3.63, 3.8) is 0 Å². The molecule has 2 heterocycles. The van der Waals surface area contributed by atoms with Gasteiger partial charge in [-0.25, -0.2) is 4.39 Å². The minimum absolute atomic E-state index is 0.0753. The molecule has 1 fully saturated rings. The third-order valence-corrected chi connectivity index (χ3v) is 6.01. The van der Waals surface area contributed by atoms with Crippen LogP contribution in [0.15, 0.2) is 30.3 Å². The van der Waals surface area contributed by atoms with Crippen molar-refractivity contribution in [3.8, 4) is 0 Å². The molecule has 2 aliphatic heterocycles. The van der Waals surface area contributed by atoms with Crippen LogP contribution < -0.4 is 0 Å². The van der Waals surface area contributed by atoms with E-state index in [2.05, 4.69) is 0 Å². The van der Waals surface area contributed by atoms with Gasteiger partial charge in [-0.1, -0.05) is 17.7 Å². The summed E-state index contributed by atoms with van der Waals surface area (Å²) in [5.74, 6) is -4.39. The minimum atomic E-state index is -4.92. The fourth-order valence-electron chi connectivity index (χ4n) is 3.98. The van der Waals surface area contributed by atoms with Gasteiger partial charge in [-0.05, 0) is 36.8 Å². The molecule has 0 amide bonds. The average Bonchev–Trinajstić information content (AvgIpc) is 3.06. The number of carbonyl (C=O) groups excluding carboxylic acids is 1. The van der Waals surface area contributed by atoms with Crippen LogP contribution in [-0.2, 0) is 28.0 Å². The molecule has 0 radical (unpaired) electrons. The molecule has 1 unspecified atom stereocenters. The molecule has 2 aromatic rings. The van der Waals surface area contributed by atoms with Crippen molar-refractivity contribution >= 4 is 17.4 Å². The first kappa shape index (κ1) is 23.1. The average molecular weight is 477 g/mol. The van der Waals surface area contributed by atoms with Crippen LogP contribution >= 0.6 is 11.6 Å². The van der Waals surface area contributed by atoms with Crippen LogP contribution in [0.1, 0.15) is 39.5 Å². The Morgan fingerprint density at radius 3 is 2.47 bits per heavy atom. The molecule has 0 bridgehead atoms. The van der Waals surface area contributed by atoms with E-state index in [4.69, 9.17) is 21.1 Å². The first-order valence-electron chi connectivity index (χ1n) is 9.47. The van der Waals surface area contributed by atoms with E-state index in [9.17, 15) is 37.7 Å². The second kappa shape index (κ2) is 7.75. The molecular formula is C21H17ClF4O6. The Morgan fingerprint density at radius 2 is 1.84 bits per heavy atom. The Kier molecular flexibility index (Phi) is 5.60. The van der Waals surface area contributed by atoms with Crippen molar-refractivity contribution in [2.75, 3.05) is 0 Å². The van der Waals surface area contributed by atoms with Gasteiger partial charge in [-0.15, -0.1) is 0 Å². The SMILES string of the molecule is C[C@H]1O[C@]2(OCc3cc(Cl)c(C(=O)c4ccc(C(F)(F)F)c(F)c4)cc32)[C@H](O)C(O)[C@@H]1O. The van der Waals surface area contributed by atoms with Crippen LogP contribution in [0, 0.1) is 5.82 Å². The molecule has 2 aromatic carbocycles. The van der Waals surface area contributed by atoms with E-state index in [1.54, 1.807) is 0 Å². The van der Waals surface area contributed by atoms with Crippen molar-refractivity contribution in [2.45, 2.75) is 49.9 Å². The number of hydrogen-bond donors (Lipinski definition) is 3. The van der Waals surface area contributed by atoms with Crippen LogP contribution in [0.5, 0.6) is 0 Å². The second-order valence-electron chi connectivity index (χ2n) is 7.72. The first-order valence-corrected chi connectivity index (χ1v) is 9.85. The lowest BCUT2D eigenvalue weighted by atomic mass is 9.86. The zero-order valence-electron chi connectivity index (χ0n) is 16.4. The smallest absolute Gasteiger partial charge is 0.388 e. The summed E-state index contributed by atoms with van der Waals surface area (Å²) in [6.45, 7) is 1.36. The first-order chi connectivity index (χ1) is 14.9. The molecule has 11 heteroatoms. The zero-order chi connectivity index (χ0) is 23.6. The fraction of sp³-hybridized carbons (Fsp3) is 0.381. The van der Waals surface area contributed by atoms with E-state index in [1.165, 1.54) is 19.1 Å². The van der Waals surface area contributed by atoms with Crippen LogP contribution in [0.25, 0.3) is 0 Å². The van der Waals surface area contributed by atoms with E-state index in [0.717, 1.165) is 6.07 Å². The minimum Gasteiger partial charge on any atom is -0.388 e. The predicted molar refractivity (Wildman–Crippen MR) is 101 cm³/mol. The molecule has 1 spiro atoms. The maximum atomic E-state index is 14.0. The number of rotatable bonds is 2. The Hall–Kier alpha value is -2.08. The number of ketones is 1. The number of hydrogen-bond acceptors (Lipinski definition) is 6. The van der Waals surface area contributed by atoms with Gasteiger partial charge in [0.15, 0.2) is 5.78 Å². The van der Waals surface area contributed by atoms with Gasteiger partial charge in [-0.2, -0.15) is 13.2 Å². The zero-order valence-corrected chi connectivity index (χ0v) is 17.1. The van der Waals surface area contributed by atoms with Gasteiger partial charge >= 0.3 is 6.18 Å². The van der Waals surface area contributed by atoms with E-state index in [1.807, 2.05) is 0 Å². The van der Waals surface area contributed by atoms with Gasteiger partial charge in [0.05, 0.1) is 23.3 Å². The molecule has 1 saturated heterocycles. The van der Waals surface area contributed by atoms with E-state index < -0.39 is 53.5 Å². The predicted octanol–water partition coefficient (Wildman–Crippen LogP) is 2.91. The van der Waals surface area contributed by atoms with Crippen molar-refractivity contribution in [3.05, 3.63) is 69.0 Å². The molecule has 5 atom stereocenters. The quantitative estimate of drug-likeness (QED) is 0.456. The largest absolute Gasteiger partial charge is 0.419 e. The maximum Gasteiger partial charge on any atom is 0.419 e. The number of carbonyl (C=O) groups is 1. The van der Waals surface area contributed by atoms with Gasteiger partial charge in [0, 0.05) is 16.7 Å². The molecule has 32 heavy (non-hydrogen) atoms. The number of aliphatic hydroxyl groups is 3. The van der Waals surface area contributed by atoms with Crippen molar-refractivity contribution < 1.29 is 47.1 Å². The molecule has 4 rings (SSSR count). The highest BCUT2D eigenvalue weighted by Crippen LogP contribution is 2.47. The standard InChI is InChI=1S/C21H17ClF4O6/c1-8-16(27)18(29)19(30)20(32-8)13-6-11(14(22)4-10(13)7-31-20)17(28)9-2-3-12(15(23)5-9)21(24,25)26/h2-6,8,16,18-19,27,29-30H,7H2,1H3/t8-,16-,18?,19-,20+/m1/s1. The number of benzene rings is 2. The monoisotopic (exact) mass is 476 g/mol. The number of alkyl halides is 3. The van der Waals surface area contributed by atoms with E-state index in [-0.39, 0.29) is 28.3 Å². The summed E-state index contributed by atoms with van der Waals surface area (Å²) < 4.78 is 63.7. The Labute approximate surface area is 183 Å². The van der Waals surface area contributed by atoms with E-state index >= 15 is 0 Å². The van der Waals surface area contributed by atoms with Crippen molar-refractivity contribution in [1.82, 2.24) is 0 Å². The normalized spacial score (nSPS) is 29.9. The number of halogens is 5. The molecule has 2 aliphatic rings. The highest BCUT2D eigenvalue weighted by atomic mass is 35.5. The molecule has 172 valence electrons. The summed E-state index contributed by atoms with van der Waals surface area (Å²) >= 11 is 6.20. The van der Waals surface area contributed by atoms with Crippen molar-refractivity contribution in [2.24, 2.45) is 0 Å². The lowest BCUT2D eigenvalue weighted by molar-refractivity contribution is -0.362. The Bertz CT molecular complexity index is 1090. The maximum absolute atomic E-state index is 14.0. The van der Waals surface area contributed by atoms with Gasteiger partial charge in [0.2, 0.25) is 5.79 Å². The summed E-state index contributed by atoms with van der Waals surface area (Å²) in [5.41, 5.74) is -1.50. The summed E-state index contributed by atoms with van der Waals surface area (Å²) in [4.78, 5) is 12.9. The van der Waals surface area contributed by atoms with Crippen molar-refractivity contribution in [1.29, 1.82) is 0 Å². The molecule has 0 aliphatic carbocycles. The van der Waals surface area contributed by atoms with Gasteiger partial charge in [0.1, 0.15) is 24.1 Å². The summed E-state index contributed by atoms with van der Waals surface area (Å²) in [7, 11) is 0. The summed E-state index contributed by atoms with van der Waals surface area (Å²) in [6, 6.07) is 4.34. The topological polar surface area (TPSA) is 96.2 Å². The van der Waals surface area contributed by atoms with Gasteiger partial charge in [0.25, 0.3) is 0 Å². The number of aliphatic hydroxyl groups excluding tert-OH is 3. The van der Waals surface area contributed by atoms with E-state index in [0.29, 0.717) is 17.7 Å². The molecule has 0 aromatic heterocycles. The lowest BCUT2D eigenvalue weighted by Gasteiger charge is -2.45. The highest BCUT2D eigenvalue weighted by molar-refractivity contribution is 6.35. The highest BCUT2D eigenvalue weighted by Gasteiger charge is 2.57. The third kappa shape index (κ3) is 3.51. The fourth-order valence-corrected chi connectivity index (χ4v) is 4.26. The third-order valence-electron chi connectivity index (χ3n) is 5.70. The number of fused-ring (bicyclic) bond motifs is 2. The van der Waals surface area contributed by atoms with Gasteiger partial charge < -0.3 is 24.8 Å². The molecular weight excluding hydrogens is 460 g/mol. The molecule has 6 nitrogen and oxygen atoms in total. The summed E-state index contributed by atoms with van der Waals surface area (Å²) in [6.07, 6.45) is -10.6. The van der Waals surface area contributed by atoms with Crippen LogP contribution in [0.4, 0.5) is 17.6 Å². The van der Waals surface area contributed by atoms with Gasteiger partial charge in [-0.3, -0.25) is 4.79 Å². The van der Waals surface area contributed by atoms with Crippen LogP contribution in [0.2, 0.25) is 5.02 Å². The van der Waals surface area contributed by atoms with Crippen LogP contribution in [-0.4, -0.2) is 45.5 Å².